The zero-order valence-corrected chi connectivity index (χ0v) is 20.4. The Bertz CT molecular complexity index is 1300. The van der Waals surface area contributed by atoms with Gasteiger partial charge < -0.3 is 14.4 Å². The lowest BCUT2D eigenvalue weighted by atomic mass is 9.99. The van der Waals surface area contributed by atoms with Crippen LogP contribution in [-0.2, 0) is 9.59 Å². The van der Waals surface area contributed by atoms with Crippen molar-refractivity contribution in [2.45, 2.75) is 32.3 Å². The Labute approximate surface area is 212 Å². The van der Waals surface area contributed by atoms with Crippen LogP contribution < -0.4 is 9.47 Å². The summed E-state index contributed by atoms with van der Waals surface area (Å²) in [5.74, 6) is -1.76. The first-order valence-electron chi connectivity index (χ1n) is 11.1. The van der Waals surface area contributed by atoms with Crippen molar-refractivity contribution in [1.29, 1.82) is 5.26 Å². The molecule has 1 aliphatic rings. The average molecular weight is 513 g/mol. The van der Waals surface area contributed by atoms with E-state index in [4.69, 9.17) is 32.7 Å². The van der Waals surface area contributed by atoms with E-state index in [9.17, 15) is 14.9 Å². The molecule has 2 aromatic carbocycles. The number of aromatic nitrogens is 2. The third kappa shape index (κ3) is 5.81. The van der Waals surface area contributed by atoms with Gasteiger partial charge in [-0.2, -0.15) is 5.26 Å². The molecule has 3 aromatic rings. The van der Waals surface area contributed by atoms with Crippen molar-refractivity contribution in [3.8, 4) is 23.4 Å². The van der Waals surface area contributed by atoms with Crippen molar-refractivity contribution >= 4 is 45.9 Å². The van der Waals surface area contributed by atoms with Crippen molar-refractivity contribution in [2.75, 3.05) is 13.1 Å². The van der Waals surface area contributed by atoms with E-state index < -0.39 is 23.7 Å². The van der Waals surface area contributed by atoms with Crippen molar-refractivity contribution < 1.29 is 19.1 Å². The van der Waals surface area contributed by atoms with Gasteiger partial charge in [0.05, 0.1) is 28.3 Å². The molecule has 1 aromatic heterocycles. The smallest absolute Gasteiger partial charge is 0.247 e. The first kappa shape index (κ1) is 24.7. The van der Waals surface area contributed by atoms with Gasteiger partial charge in [0.15, 0.2) is 17.8 Å². The van der Waals surface area contributed by atoms with E-state index in [0.717, 1.165) is 19.3 Å². The fourth-order valence-electron chi connectivity index (χ4n) is 3.79. The first-order chi connectivity index (χ1) is 16.9. The Hall–Kier alpha value is -3.41. The standard InChI is InChI=1S/C25H22Cl2N4O4/c1-15(24(32)18(13-28)25(33)31-9-3-2-4-10-31)34-22-12-17(6-7-19(22)27)35-23-14-29-21-11-16(26)5-8-20(21)30-23/h5-8,11-12,14-15,18H,2-4,9-10H2,1H3. The van der Waals surface area contributed by atoms with Gasteiger partial charge in [0, 0.05) is 24.2 Å². The molecule has 180 valence electrons. The van der Waals surface area contributed by atoms with Crippen molar-refractivity contribution in [1.82, 2.24) is 14.9 Å². The summed E-state index contributed by atoms with van der Waals surface area (Å²) in [6.07, 6.45) is 3.14. The lowest BCUT2D eigenvalue weighted by Gasteiger charge is -2.28. The summed E-state index contributed by atoms with van der Waals surface area (Å²) in [4.78, 5) is 35.9. The number of benzene rings is 2. The van der Waals surface area contributed by atoms with E-state index in [-0.39, 0.29) is 16.7 Å². The number of amides is 1. The van der Waals surface area contributed by atoms with E-state index >= 15 is 0 Å². The van der Waals surface area contributed by atoms with Gasteiger partial charge in [-0.3, -0.25) is 9.59 Å². The molecule has 2 atom stereocenters. The first-order valence-corrected chi connectivity index (χ1v) is 11.9. The zero-order valence-electron chi connectivity index (χ0n) is 18.9. The van der Waals surface area contributed by atoms with Gasteiger partial charge in [-0.25, -0.2) is 9.97 Å². The summed E-state index contributed by atoms with van der Waals surface area (Å²) in [5.41, 5.74) is 1.24. The Morgan fingerprint density at radius 3 is 2.60 bits per heavy atom. The molecule has 0 bridgehead atoms. The van der Waals surface area contributed by atoms with Crippen molar-refractivity contribution in [3.05, 3.63) is 52.6 Å². The average Bonchev–Trinajstić information content (AvgIpc) is 2.87. The minimum absolute atomic E-state index is 0.174. The van der Waals surface area contributed by atoms with Gasteiger partial charge in [0.2, 0.25) is 11.8 Å². The lowest BCUT2D eigenvalue weighted by Crippen LogP contribution is -2.44. The van der Waals surface area contributed by atoms with Gasteiger partial charge in [-0.15, -0.1) is 0 Å². The SMILES string of the molecule is CC(Oc1cc(Oc2cnc3cc(Cl)ccc3n2)ccc1Cl)C(=O)C(C#N)C(=O)N1CCCCC1. The third-order valence-corrected chi connectivity index (χ3v) is 6.19. The number of nitrogens with zero attached hydrogens (tertiary/aromatic N) is 4. The van der Waals surface area contributed by atoms with Gasteiger partial charge >= 0.3 is 0 Å². The molecule has 0 spiro atoms. The molecular weight excluding hydrogens is 491 g/mol. The van der Waals surface area contributed by atoms with Crippen LogP contribution in [-0.4, -0.2) is 45.8 Å². The number of nitriles is 1. The van der Waals surface area contributed by atoms with Crippen LogP contribution in [0.15, 0.2) is 42.6 Å². The van der Waals surface area contributed by atoms with Gasteiger partial charge in [-0.05, 0) is 56.5 Å². The molecule has 1 saturated heterocycles. The molecule has 4 rings (SSSR count). The molecule has 10 heteroatoms. The van der Waals surface area contributed by atoms with Gasteiger partial charge in [-0.1, -0.05) is 23.2 Å². The minimum Gasteiger partial charge on any atom is -0.481 e. The molecule has 0 saturated carbocycles. The Morgan fingerprint density at radius 2 is 1.86 bits per heavy atom. The number of rotatable bonds is 7. The second-order valence-corrected chi connectivity index (χ2v) is 8.99. The Kier molecular flexibility index (Phi) is 7.69. The molecule has 2 unspecified atom stereocenters. The topological polar surface area (TPSA) is 105 Å². The van der Waals surface area contributed by atoms with Crippen LogP contribution in [0.4, 0.5) is 0 Å². The number of carbonyl (C=O) groups is 2. The molecule has 0 N–H and O–H groups in total. The van der Waals surface area contributed by atoms with Crippen LogP contribution in [0, 0.1) is 17.2 Å². The van der Waals surface area contributed by atoms with Crippen molar-refractivity contribution in [2.24, 2.45) is 5.92 Å². The van der Waals surface area contributed by atoms with Crippen LogP contribution in [0.1, 0.15) is 26.2 Å². The lowest BCUT2D eigenvalue weighted by molar-refractivity contribution is -0.142. The normalized spacial score (nSPS) is 15.2. The van der Waals surface area contributed by atoms with E-state index in [1.807, 2.05) is 6.07 Å². The summed E-state index contributed by atoms with van der Waals surface area (Å²) in [6.45, 7) is 2.59. The summed E-state index contributed by atoms with van der Waals surface area (Å²) in [5, 5.41) is 10.3. The molecule has 1 fully saturated rings. The maximum atomic E-state index is 12.9. The fourth-order valence-corrected chi connectivity index (χ4v) is 4.12. The molecule has 1 amide bonds. The summed E-state index contributed by atoms with van der Waals surface area (Å²) >= 11 is 12.2. The molecule has 0 aliphatic carbocycles. The summed E-state index contributed by atoms with van der Waals surface area (Å²) in [6, 6.07) is 11.7. The maximum absolute atomic E-state index is 12.9. The molecular formula is C25H22Cl2N4O4. The predicted molar refractivity (Wildman–Crippen MR) is 131 cm³/mol. The predicted octanol–water partition coefficient (Wildman–Crippen LogP) is 5.22. The van der Waals surface area contributed by atoms with Gasteiger partial charge in [0.25, 0.3) is 0 Å². The highest BCUT2D eigenvalue weighted by Crippen LogP contribution is 2.32. The molecule has 1 aliphatic heterocycles. The minimum atomic E-state index is -1.43. The second kappa shape index (κ2) is 10.9. The number of ketones is 1. The number of fused-ring (bicyclic) bond motifs is 1. The number of halogens is 2. The van der Waals surface area contributed by atoms with E-state index in [0.29, 0.717) is 34.9 Å². The Morgan fingerprint density at radius 1 is 1.09 bits per heavy atom. The fraction of sp³-hybridized carbons (Fsp3) is 0.320. The third-order valence-electron chi connectivity index (χ3n) is 5.64. The van der Waals surface area contributed by atoms with Crippen LogP contribution in [0.3, 0.4) is 0 Å². The number of piperidine rings is 1. The number of likely N-dealkylation sites (tertiary alicyclic amines) is 1. The largest absolute Gasteiger partial charge is 0.481 e. The zero-order chi connectivity index (χ0) is 24.9. The number of hydrogen-bond acceptors (Lipinski definition) is 7. The molecule has 0 radical (unpaired) electrons. The maximum Gasteiger partial charge on any atom is 0.247 e. The van der Waals surface area contributed by atoms with Gasteiger partial charge in [0.1, 0.15) is 11.5 Å². The quantitative estimate of drug-likeness (QED) is 0.399. The van der Waals surface area contributed by atoms with Crippen LogP contribution in [0.5, 0.6) is 17.4 Å². The summed E-state index contributed by atoms with van der Waals surface area (Å²) < 4.78 is 11.6. The number of ether oxygens (including phenoxy) is 2. The van der Waals surface area contributed by atoms with E-state index in [1.165, 1.54) is 19.2 Å². The van der Waals surface area contributed by atoms with Crippen LogP contribution in [0.2, 0.25) is 10.0 Å². The number of hydrogen-bond donors (Lipinski definition) is 0. The molecule has 35 heavy (non-hydrogen) atoms. The van der Waals surface area contributed by atoms with E-state index in [2.05, 4.69) is 9.97 Å². The number of carbonyl (C=O) groups excluding carboxylic acids is 2. The van der Waals surface area contributed by atoms with Crippen LogP contribution >= 0.6 is 23.2 Å². The van der Waals surface area contributed by atoms with Crippen molar-refractivity contribution in [3.63, 3.8) is 0 Å². The monoisotopic (exact) mass is 512 g/mol. The highest BCUT2D eigenvalue weighted by atomic mass is 35.5. The Balaban J connectivity index is 1.47. The highest BCUT2D eigenvalue weighted by Gasteiger charge is 2.35. The summed E-state index contributed by atoms with van der Waals surface area (Å²) in [7, 11) is 0. The second-order valence-electron chi connectivity index (χ2n) is 8.15. The van der Waals surface area contributed by atoms with E-state index in [1.54, 1.807) is 35.2 Å². The van der Waals surface area contributed by atoms with Crippen LogP contribution in [0.25, 0.3) is 11.0 Å². The number of Topliss-reactive ketones (excluding diaryl/α,β-unsaturated/α-hetero) is 1. The molecule has 2 heterocycles. The molecule has 8 nitrogen and oxygen atoms in total. The highest BCUT2D eigenvalue weighted by molar-refractivity contribution is 6.32.